The normalized spacial score (nSPS) is 13.2. The lowest BCUT2D eigenvalue weighted by Gasteiger charge is -2.24. The first-order valence-electron chi connectivity index (χ1n) is 9.55. The number of methoxy groups -OCH3 is 2. The smallest absolute Gasteiger partial charge is 0.184 e. The lowest BCUT2D eigenvalue weighted by Crippen LogP contribution is -2.15. The number of anilines is 1. The zero-order valence-corrected chi connectivity index (χ0v) is 17.3. The molecule has 0 bridgehead atoms. The van der Waals surface area contributed by atoms with Gasteiger partial charge in [-0.2, -0.15) is 0 Å². The molecule has 0 saturated heterocycles. The van der Waals surface area contributed by atoms with E-state index in [1.54, 1.807) is 14.2 Å². The number of aromatic nitrogens is 1. The van der Waals surface area contributed by atoms with Crippen LogP contribution in [-0.2, 0) is 12.8 Å². The van der Waals surface area contributed by atoms with Crippen molar-refractivity contribution in [2.45, 2.75) is 12.8 Å². The number of nitrogens with two attached hydrogens (primary N) is 1. The Morgan fingerprint density at radius 2 is 2.00 bits per heavy atom. The third kappa shape index (κ3) is 2.94. The monoisotopic (exact) mass is 413 g/mol. The summed E-state index contributed by atoms with van der Waals surface area (Å²) in [6.45, 7) is 1.89. The average Bonchev–Trinajstić information content (AvgIpc) is 3.10. The molecule has 0 unspecified atom stereocenters. The molecule has 0 radical (unpaired) electrons. The van der Waals surface area contributed by atoms with E-state index in [0.717, 1.165) is 53.2 Å². The second-order valence-corrected chi connectivity index (χ2v) is 7.11. The van der Waals surface area contributed by atoms with Gasteiger partial charge in [0.05, 0.1) is 31.1 Å². The Morgan fingerprint density at radius 1 is 1.14 bits per heavy atom. The van der Waals surface area contributed by atoms with Gasteiger partial charge < -0.3 is 25.3 Å². The molecular formula is C22H24ClN3O3. The molecule has 3 aromatic rings. The highest BCUT2D eigenvalue weighted by molar-refractivity contribution is 6.03. The molecule has 152 valence electrons. The van der Waals surface area contributed by atoms with E-state index in [2.05, 4.69) is 17.4 Å². The van der Waals surface area contributed by atoms with Gasteiger partial charge in [-0.1, -0.05) is 0 Å². The van der Waals surface area contributed by atoms with Crippen molar-refractivity contribution in [3.63, 3.8) is 0 Å². The molecular weight excluding hydrogens is 390 g/mol. The summed E-state index contributed by atoms with van der Waals surface area (Å²) < 4.78 is 16.9. The van der Waals surface area contributed by atoms with Gasteiger partial charge in [-0.15, -0.1) is 12.4 Å². The van der Waals surface area contributed by atoms with E-state index in [1.165, 1.54) is 22.3 Å². The Hall–Kier alpha value is -2.70. The van der Waals surface area contributed by atoms with E-state index >= 15 is 0 Å². The second kappa shape index (κ2) is 7.61. The maximum atomic E-state index is 5.72. The van der Waals surface area contributed by atoms with Gasteiger partial charge in [0.15, 0.2) is 11.5 Å². The first kappa shape index (κ1) is 19.6. The summed E-state index contributed by atoms with van der Waals surface area (Å²) in [6.07, 6.45) is 1.84. The van der Waals surface area contributed by atoms with Crippen LogP contribution in [0.4, 0.5) is 5.69 Å². The third-order valence-corrected chi connectivity index (χ3v) is 5.60. The van der Waals surface area contributed by atoms with Gasteiger partial charge in [-0.05, 0) is 41.3 Å². The van der Waals surface area contributed by atoms with Crippen LogP contribution in [0.3, 0.4) is 0 Å². The summed E-state index contributed by atoms with van der Waals surface area (Å²) in [6, 6.07) is 8.21. The number of hydrogen-bond donors (Lipinski definition) is 2. The molecule has 7 heteroatoms. The Balaban J connectivity index is 0.00000205. The number of benzene rings is 2. The first-order valence-corrected chi connectivity index (χ1v) is 9.55. The van der Waals surface area contributed by atoms with Crippen LogP contribution in [0.15, 0.2) is 24.3 Å². The fourth-order valence-corrected chi connectivity index (χ4v) is 4.43. The Labute approximate surface area is 175 Å². The maximum absolute atomic E-state index is 5.72. The topological polar surface area (TPSA) is 78.6 Å². The minimum Gasteiger partial charge on any atom is -0.493 e. The van der Waals surface area contributed by atoms with Gasteiger partial charge in [0.2, 0.25) is 0 Å². The van der Waals surface area contributed by atoms with Crippen molar-refractivity contribution in [1.29, 1.82) is 0 Å². The summed E-state index contributed by atoms with van der Waals surface area (Å²) >= 11 is 0. The molecule has 29 heavy (non-hydrogen) atoms. The minimum atomic E-state index is 0. The van der Waals surface area contributed by atoms with Crippen molar-refractivity contribution in [2.24, 2.45) is 5.73 Å². The third-order valence-electron chi connectivity index (χ3n) is 5.60. The summed E-state index contributed by atoms with van der Waals surface area (Å²) in [4.78, 5) is 5.04. The van der Waals surface area contributed by atoms with Crippen LogP contribution in [0, 0.1) is 0 Å². The number of nitrogens with zero attached hydrogens (tertiary/aromatic N) is 1. The molecule has 1 aliphatic heterocycles. The zero-order chi connectivity index (χ0) is 19.3. The van der Waals surface area contributed by atoms with Crippen molar-refractivity contribution in [1.82, 2.24) is 4.98 Å². The van der Waals surface area contributed by atoms with Crippen LogP contribution in [0.1, 0.15) is 16.7 Å². The lowest BCUT2D eigenvalue weighted by atomic mass is 9.93. The van der Waals surface area contributed by atoms with Crippen molar-refractivity contribution < 1.29 is 14.2 Å². The fraction of sp³-hybridized carbons (Fsp3) is 0.318. The molecule has 2 aliphatic rings. The second-order valence-electron chi connectivity index (χ2n) is 7.11. The Bertz CT molecular complexity index is 1100. The van der Waals surface area contributed by atoms with E-state index in [9.17, 15) is 0 Å². The van der Waals surface area contributed by atoms with Crippen LogP contribution >= 0.6 is 12.4 Å². The van der Waals surface area contributed by atoms with Crippen LogP contribution in [-0.4, -0.2) is 38.9 Å². The Morgan fingerprint density at radius 3 is 2.76 bits per heavy atom. The number of halogens is 1. The first-order chi connectivity index (χ1) is 13.7. The van der Waals surface area contributed by atoms with Gasteiger partial charge in [0.25, 0.3) is 0 Å². The van der Waals surface area contributed by atoms with Crippen molar-refractivity contribution in [3.05, 3.63) is 41.0 Å². The van der Waals surface area contributed by atoms with Gasteiger partial charge in [-0.25, -0.2) is 4.98 Å². The maximum Gasteiger partial charge on any atom is 0.184 e. The van der Waals surface area contributed by atoms with Gasteiger partial charge in [0.1, 0.15) is 12.4 Å². The van der Waals surface area contributed by atoms with Crippen molar-refractivity contribution in [3.8, 4) is 28.5 Å². The molecule has 5 rings (SSSR count). The average molecular weight is 414 g/mol. The van der Waals surface area contributed by atoms with Crippen LogP contribution < -0.4 is 25.3 Å². The van der Waals surface area contributed by atoms with Gasteiger partial charge in [0, 0.05) is 36.5 Å². The minimum absolute atomic E-state index is 0. The number of nitrogens with one attached hydrogen (secondary N) is 1. The van der Waals surface area contributed by atoms with E-state index in [1.807, 2.05) is 12.1 Å². The van der Waals surface area contributed by atoms with Crippen LogP contribution in [0.25, 0.3) is 22.2 Å². The van der Waals surface area contributed by atoms with Gasteiger partial charge in [-0.3, -0.25) is 0 Å². The molecule has 2 aromatic carbocycles. The highest BCUT2D eigenvalue weighted by Gasteiger charge is 2.29. The predicted molar refractivity (Wildman–Crippen MR) is 117 cm³/mol. The standard InChI is InChI=1S/C22H23N3O3.ClH/c1-26-18-11-17-19-15(5-7-24-21(19)22(18)27-2)16-10-12-9-13(28-8-6-23)3-4-14(12)20(16)25-17;/h3-4,9,11,24H,5-8,10,23H2,1-2H3;1H. The molecule has 0 spiro atoms. The molecule has 0 fully saturated rings. The number of fused-ring (bicyclic) bond motifs is 4. The quantitative estimate of drug-likeness (QED) is 0.521. The van der Waals surface area contributed by atoms with E-state index < -0.39 is 0 Å². The lowest BCUT2D eigenvalue weighted by molar-refractivity contribution is 0.328. The van der Waals surface area contributed by atoms with Crippen molar-refractivity contribution >= 4 is 29.0 Å². The number of hydrogen-bond acceptors (Lipinski definition) is 6. The van der Waals surface area contributed by atoms with Gasteiger partial charge >= 0.3 is 0 Å². The summed E-state index contributed by atoms with van der Waals surface area (Å²) in [5.41, 5.74) is 13.7. The van der Waals surface area contributed by atoms with E-state index in [-0.39, 0.29) is 12.4 Å². The number of pyridine rings is 1. The predicted octanol–water partition coefficient (Wildman–Crippen LogP) is 3.55. The van der Waals surface area contributed by atoms with Crippen LogP contribution in [0.2, 0.25) is 0 Å². The van der Waals surface area contributed by atoms with Crippen molar-refractivity contribution in [2.75, 3.05) is 39.2 Å². The number of rotatable bonds is 5. The summed E-state index contributed by atoms with van der Waals surface area (Å²) in [5.74, 6) is 2.30. The SMILES string of the molecule is COc1cc2nc3c(c4c2c(c1OC)NCC4)Cc1cc(OCCN)ccc1-3.Cl. The Kier molecular flexibility index (Phi) is 5.15. The highest BCUT2D eigenvalue weighted by atomic mass is 35.5. The van der Waals surface area contributed by atoms with Crippen LogP contribution in [0.5, 0.6) is 17.2 Å². The molecule has 3 N–H and O–H groups in total. The largest absolute Gasteiger partial charge is 0.493 e. The fourth-order valence-electron chi connectivity index (χ4n) is 4.43. The summed E-state index contributed by atoms with van der Waals surface area (Å²) in [5, 5.41) is 4.64. The number of ether oxygens (including phenoxy) is 3. The highest BCUT2D eigenvalue weighted by Crippen LogP contribution is 2.48. The molecule has 0 saturated carbocycles. The molecule has 0 atom stereocenters. The molecule has 1 aliphatic carbocycles. The molecule has 0 amide bonds. The summed E-state index contributed by atoms with van der Waals surface area (Å²) in [7, 11) is 3.33. The van der Waals surface area contributed by atoms with E-state index in [0.29, 0.717) is 18.9 Å². The molecule has 1 aromatic heterocycles. The van der Waals surface area contributed by atoms with E-state index in [4.69, 9.17) is 24.9 Å². The molecule has 2 heterocycles. The zero-order valence-electron chi connectivity index (χ0n) is 16.5. The molecule has 6 nitrogen and oxygen atoms in total.